The maximum absolute atomic E-state index is 13.3. The minimum atomic E-state index is -0.923. The number of carbonyl (C=O) groups excluding carboxylic acids is 1. The maximum Gasteiger partial charge on any atom is 0.257 e. The summed E-state index contributed by atoms with van der Waals surface area (Å²) in [7, 11) is 0. The second kappa shape index (κ2) is 4.86. The van der Waals surface area contributed by atoms with Crippen molar-refractivity contribution in [1.29, 1.82) is 0 Å². The fourth-order valence-electron chi connectivity index (χ4n) is 1.40. The fraction of sp³-hybridized carbons (Fsp3) is 0.200. The van der Waals surface area contributed by atoms with Gasteiger partial charge in [0.25, 0.3) is 5.91 Å². The van der Waals surface area contributed by atoms with Gasteiger partial charge in [0, 0.05) is 0 Å². The van der Waals surface area contributed by atoms with Crippen molar-refractivity contribution >= 4 is 5.91 Å². The van der Waals surface area contributed by atoms with Gasteiger partial charge >= 0.3 is 0 Å². The molecule has 0 saturated carbocycles. The number of rotatable bonds is 3. The molecule has 0 saturated heterocycles. The molecular weight excluding hydrogens is 244 g/mol. The van der Waals surface area contributed by atoms with E-state index in [-0.39, 0.29) is 5.82 Å². The van der Waals surface area contributed by atoms with E-state index in [2.05, 4.69) is 25.9 Å². The predicted octanol–water partition coefficient (Wildman–Crippen LogP) is 0.969. The third-order valence-electron chi connectivity index (χ3n) is 2.29. The van der Waals surface area contributed by atoms with E-state index < -0.39 is 29.1 Å². The lowest BCUT2D eigenvalue weighted by molar-refractivity contribution is 0.0929. The molecule has 0 aliphatic carbocycles. The van der Waals surface area contributed by atoms with E-state index in [1.165, 1.54) is 6.07 Å². The van der Waals surface area contributed by atoms with Crippen LogP contribution in [-0.2, 0) is 0 Å². The Labute approximate surface area is 100 Å². The van der Waals surface area contributed by atoms with E-state index in [0.29, 0.717) is 0 Å². The average molecular weight is 253 g/mol. The van der Waals surface area contributed by atoms with Crippen LogP contribution in [0.1, 0.15) is 29.1 Å². The molecule has 8 heteroatoms. The summed E-state index contributed by atoms with van der Waals surface area (Å²) >= 11 is 0. The normalized spacial score (nSPS) is 12.2. The number of aromatic nitrogens is 4. The lowest BCUT2D eigenvalue weighted by Gasteiger charge is -2.10. The van der Waals surface area contributed by atoms with E-state index >= 15 is 0 Å². The number of carbonyl (C=O) groups is 1. The summed E-state index contributed by atoms with van der Waals surface area (Å²) in [5.74, 6) is -2.50. The lowest BCUT2D eigenvalue weighted by atomic mass is 10.1. The number of aromatic amines is 1. The highest BCUT2D eigenvalue weighted by molar-refractivity contribution is 5.94. The van der Waals surface area contributed by atoms with Crippen LogP contribution in [0.4, 0.5) is 8.78 Å². The van der Waals surface area contributed by atoms with Gasteiger partial charge in [0.2, 0.25) is 0 Å². The Balaban J connectivity index is 2.18. The molecule has 1 unspecified atom stereocenters. The highest BCUT2D eigenvalue weighted by Gasteiger charge is 2.20. The highest BCUT2D eigenvalue weighted by atomic mass is 19.1. The molecule has 0 aliphatic heterocycles. The SMILES string of the molecule is CC(NC(=O)c1c(F)cccc1F)c1nn[nH]n1. The van der Waals surface area contributed by atoms with Crippen molar-refractivity contribution in [1.82, 2.24) is 25.9 Å². The van der Waals surface area contributed by atoms with Gasteiger partial charge < -0.3 is 5.32 Å². The number of H-pyrrole nitrogens is 1. The molecule has 0 fully saturated rings. The molecule has 18 heavy (non-hydrogen) atoms. The minimum Gasteiger partial charge on any atom is -0.342 e. The Hall–Kier alpha value is -2.38. The zero-order chi connectivity index (χ0) is 13.1. The van der Waals surface area contributed by atoms with Crippen LogP contribution in [0.25, 0.3) is 0 Å². The van der Waals surface area contributed by atoms with Gasteiger partial charge in [0.05, 0.1) is 6.04 Å². The molecule has 0 bridgehead atoms. The zero-order valence-corrected chi connectivity index (χ0v) is 9.32. The maximum atomic E-state index is 13.3. The van der Waals surface area contributed by atoms with E-state index in [0.717, 1.165) is 12.1 Å². The van der Waals surface area contributed by atoms with Crippen molar-refractivity contribution in [2.24, 2.45) is 0 Å². The van der Waals surface area contributed by atoms with Crippen LogP contribution in [0.3, 0.4) is 0 Å². The molecule has 0 aliphatic rings. The Morgan fingerprint density at radius 3 is 2.61 bits per heavy atom. The molecule has 0 radical (unpaired) electrons. The second-order valence-electron chi connectivity index (χ2n) is 3.56. The van der Waals surface area contributed by atoms with Gasteiger partial charge in [0.1, 0.15) is 17.2 Å². The van der Waals surface area contributed by atoms with Crippen LogP contribution in [0.15, 0.2) is 18.2 Å². The Kier molecular flexibility index (Phi) is 3.26. The first-order chi connectivity index (χ1) is 8.59. The van der Waals surface area contributed by atoms with E-state index in [4.69, 9.17) is 0 Å². The summed E-state index contributed by atoms with van der Waals surface area (Å²) in [5.41, 5.74) is -0.632. The van der Waals surface area contributed by atoms with Gasteiger partial charge in [-0.1, -0.05) is 11.3 Å². The Morgan fingerprint density at radius 2 is 2.06 bits per heavy atom. The molecule has 1 amide bonds. The van der Waals surface area contributed by atoms with Gasteiger partial charge in [-0.15, -0.1) is 10.2 Å². The predicted molar refractivity (Wildman–Crippen MR) is 56.4 cm³/mol. The van der Waals surface area contributed by atoms with Gasteiger partial charge in [-0.25, -0.2) is 8.78 Å². The van der Waals surface area contributed by atoms with Crippen LogP contribution in [0.5, 0.6) is 0 Å². The molecule has 6 nitrogen and oxygen atoms in total. The molecule has 1 heterocycles. The molecule has 2 rings (SSSR count). The van der Waals surface area contributed by atoms with Crippen LogP contribution >= 0.6 is 0 Å². The standard InChI is InChI=1S/C10H9F2N5O/c1-5(9-14-16-17-15-9)13-10(18)8-6(11)3-2-4-7(8)12/h2-5H,1H3,(H,13,18)(H,14,15,16,17). The Bertz CT molecular complexity index is 537. The minimum absolute atomic E-state index is 0.222. The molecule has 1 aromatic carbocycles. The third kappa shape index (κ3) is 2.31. The van der Waals surface area contributed by atoms with Gasteiger partial charge in [0.15, 0.2) is 5.82 Å². The smallest absolute Gasteiger partial charge is 0.257 e. The number of nitrogens with one attached hydrogen (secondary N) is 2. The second-order valence-corrected chi connectivity index (χ2v) is 3.56. The average Bonchev–Trinajstić information content (AvgIpc) is 2.81. The number of hydrogen-bond acceptors (Lipinski definition) is 4. The summed E-state index contributed by atoms with van der Waals surface area (Å²) in [6.07, 6.45) is 0. The zero-order valence-electron chi connectivity index (χ0n) is 9.32. The summed E-state index contributed by atoms with van der Waals surface area (Å²) in [6.45, 7) is 1.57. The largest absolute Gasteiger partial charge is 0.342 e. The highest BCUT2D eigenvalue weighted by Crippen LogP contribution is 2.13. The van der Waals surface area contributed by atoms with Crippen LogP contribution in [0, 0.1) is 11.6 Å². The topological polar surface area (TPSA) is 83.6 Å². The summed E-state index contributed by atoms with van der Waals surface area (Å²) in [4.78, 5) is 11.7. The van der Waals surface area contributed by atoms with Gasteiger partial charge in [-0.3, -0.25) is 4.79 Å². The Morgan fingerprint density at radius 1 is 1.39 bits per heavy atom. The van der Waals surface area contributed by atoms with Crippen molar-refractivity contribution in [3.05, 3.63) is 41.2 Å². The quantitative estimate of drug-likeness (QED) is 0.853. The van der Waals surface area contributed by atoms with Gasteiger partial charge in [-0.05, 0) is 19.1 Å². The van der Waals surface area contributed by atoms with E-state index in [1.807, 2.05) is 0 Å². The van der Waals surface area contributed by atoms with Crippen LogP contribution in [0.2, 0.25) is 0 Å². The monoisotopic (exact) mass is 253 g/mol. The van der Waals surface area contributed by atoms with Crippen LogP contribution in [-0.4, -0.2) is 26.5 Å². The number of hydrogen-bond donors (Lipinski definition) is 2. The first-order valence-corrected chi connectivity index (χ1v) is 5.08. The summed E-state index contributed by atoms with van der Waals surface area (Å²) < 4.78 is 26.7. The van der Waals surface area contributed by atoms with E-state index in [1.54, 1.807) is 6.92 Å². The third-order valence-corrected chi connectivity index (χ3v) is 2.29. The molecular formula is C10H9F2N5O. The van der Waals surface area contributed by atoms with Crippen molar-refractivity contribution < 1.29 is 13.6 Å². The fourth-order valence-corrected chi connectivity index (χ4v) is 1.40. The van der Waals surface area contributed by atoms with Gasteiger partial charge in [-0.2, -0.15) is 5.21 Å². The number of benzene rings is 1. The molecule has 1 atom stereocenters. The number of tetrazole rings is 1. The summed E-state index contributed by atoms with van der Waals surface area (Å²) in [6, 6.07) is 2.59. The molecule has 1 aromatic heterocycles. The molecule has 94 valence electrons. The lowest BCUT2D eigenvalue weighted by Crippen LogP contribution is -2.29. The van der Waals surface area contributed by atoms with Crippen molar-refractivity contribution in [3.63, 3.8) is 0 Å². The van der Waals surface area contributed by atoms with E-state index in [9.17, 15) is 13.6 Å². The summed E-state index contributed by atoms with van der Waals surface area (Å²) in [5, 5.41) is 15.2. The van der Waals surface area contributed by atoms with Crippen molar-refractivity contribution in [3.8, 4) is 0 Å². The number of halogens is 2. The van der Waals surface area contributed by atoms with Crippen LogP contribution < -0.4 is 5.32 Å². The first kappa shape index (κ1) is 12.1. The van der Waals surface area contributed by atoms with Crippen molar-refractivity contribution in [2.75, 3.05) is 0 Å². The molecule has 2 aromatic rings. The number of amides is 1. The molecule has 2 N–H and O–H groups in total. The molecule has 0 spiro atoms. The van der Waals surface area contributed by atoms with Crippen molar-refractivity contribution in [2.45, 2.75) is 13.0 Å². The first-order valence-electron chi connectivity index (χ1n) is 5.08. The number of nitrogens with zero attached hydrogens (tertiary/aromatic N) is 3.